The van der Waals surface area contributed by atoms with Gasteiger partial charge in [-0.15, -0.1) is 0 Å². The lowest BCUT2D eigenvalue weighted by Gasteiger charge is -2.26. The van der Waals surface area contributed by atoms with Crippen LogP contribution in [0.2, 0.25) is 0 Å². The topological polar surface area (TPSA) is 41.9 Å². The molecule has 1 heterocycles. The Kier molecular flexibility index (Phi) is 5.22. The summed E-state index contributed by atoms with van der Waals surface area (Å²) >= 11 is 0. The van der Waals surface area contributed by atoms with E-state index in [0.29, 0.717) is 0 Å². The highest BCUT2D eigenvalue weighted by molar-refractivity contribution is 6.00. The fourth-order valence-electron chi connectivity index (χ4n) is 3.96. The standard InChI is InChI=1S/C20H28N2O2/c1-4-15(13-22-12-11-21-14(22)2)20(23)18-9-10-19(24-3)17-8-6-5-7-16(17)18/h9-10,15H,4-8,11-13H2,1-3H3. The average molecular weight is 328 g/mol. The number of nitrogens with zero attached hydrogens (tertiary/aromatic N) is 2. The summed E-state index contributed by atoms with van der Waals surface area (Å²) < 4.78 is 5.52. The van der Waals surface area contributed by atoms with Crippen LogP contribution in [0.1, 0.15) is 54.6 Å². The minimum Gasteiger partial charge on any atom is -0.496 e. The van der Waals surface area contributed by atoms with Gasteiger partial charge in [-0.05, 0) is 62.3 Å². The molecule has 0 saturated heterocycles. The fraction of sp³-hybridized carbons (Fsp3) is 0.600. The van der Waals surface area contributed by atoms with Gasteiger partial charge in [-0.25, -0.2) is 0 Å². The second-order valence-electron chi connectivity index (χ2n) is 6.82. The summed E-state index contributed by atoms with van der Waals surface area (Å²) in [4.78, 5) is 19.9. The minimum absolute atomic E-state index is 0.0349. The molecule has 0 bridgehead atoms. The van der Waals surface area contributed by atoms with Crippen LogP contribution in [0.15, 0.2) is 17.1 Å². The van der Waals surface area contributed by atoms with Crippen molar-refractivity contribution >= 4 is 11.6 Å². The third kappa shape index (κ3) is 3.19. The maximum absolute atomic E-state index is 13.2. The van der Waals surface area contributed by atoms with E-state index >= 15 is 0 Å². The molecule has 0 radical (unpaired) electrons. The number of carbonyl (C=O) groups is 1. The first kappa shape index (κ1) is 17.0. The van der Waals surface area contributed by atoms with Crippen LogP contribution in [-0.4, -0.2) is 43.3 Å². The van der Waals surface area contributed by atoms with E-state index in [2.05, 4.69) is 16.8 Å². The first-order chi connectivity index (χ1) is 11.7. The molecule has 24 heavy (non-hydrogen) atoms. The van der Waals surface area contributed by atoms with Gasteiger partial charge < -0.3 is 9.64 Å². The number of ether oxygens (including phenoxy) is 1. The molecule has 130 valence electrons. The Bertz CT molecular complexity index is 651. The molecule has 3 rings (SSSR count). The van der Waals surface area contributed by atoms with Crippen LogP contribution < -0.4 is 4.74 Å². The molecule has 1 aromatic rings. The van der Waals surface area contributed by atoms with Gasteiger partial charge >= 0.3 is 0 Å². The molecule has 0 amide bonds. The number of methoxy groups -OCH3 is 1. The molecule has 2 aliphatic rings. The minimum atomic E-state index is 0.0349. The van der Waals surface area contributed by atoms with E-state index in [4.69, 9.17) is 4.74 Å². The molecule has 4 heteroatoms. The van der Waals surface area contributed by atoms with E-state index in [0.717, 1.165) is 62.5 Å². The number of amidine groups is 1. The van der Waals surface area contributed by atoms with Crippen molar-refractivity contribution in [2.75, 3.05) is 26.7 Å². The Morgan fingerprint density at radius 3 is 2.67 bits per heavy atom. The van der Waals surface area contributed by atoms with Crippen molar-refractivity contribution in [3.05, 3.63) is 28.8 Å². The van der Waals surface area contributed by atoms with Crippen molar-refractivity contribution in [2.45, 2.75) is 46.0 Å². The number of ketones is 1. The van der Waals surface area contributed by atoms with Crippen LogP contribution in [0.5, 0.6) is 5.75 Å². The van der Waals surface area contributed by atoms with Gasteiger partial charge in [-0.2, -0.15) is 0 Å². The number of fused-ring (bicyclic) bond motifs is 1. The van der Waals surface area contributed by atoms with Gasteiger partial charge in [0, 0.05) is 24.6 Å². The predicted molar refractivity (Wildman–Crippen MR) is 97.3 cm³/mol. The smallest absolute Gasteiger partial charge is 0.167 e. The molecule has 4 nitrogen and oxygen atoms in total. The van der Waals surface area contributed by atoms with E-state index in [9.17, 15) is 4.79 Å². The molecule has 0 N–H and O–H groups in total. The molecule has 1 aliphatic carbocycles. The van der Waals surface area contributed by atoms with Gasteiger partial charge in [-0.3, -0.25) is 9.79 Å². The normalized spacial score (nSPS) is 18.1. The van der Waals surface area contributed by atoms with Crippen LogP contribution in [0.25, 0.3) is 0 Å². The first-order valence-electron chi connectivity index (χ1n) is 9.14. The number of aliphatic imine (C=N–C) groups is 1. The summed E-state index contributed by atoms with van der Waals surface area (Å²) in [5, 5.41) is 0. The lowest BCUT2D eigenvalue weighted by Crippen LogP contribution is -2.35. The van der Waals surface area contributed by atoms with Gasteiger partial charge in [0.05, 0.1) is 19.5 Å². The number of benzene rings is 1. The van der Waals surface area contributed by atoms with Crippen molar-refractivity contribution in [1.29, 1.82) is 0 Å². The number of Topliss-reactive ketones (excluding diaryl/α,β-unsaturated/α-hetero) is 1. The largest absolute Gasteiger partial charge is 0.496 e. The van der Waals surface area contributed by atoms with E-state index < -0.39 is 0 Å². The molecule has 1 aromatic carbocycles. The fourth-order valence-corrected chi connectivity index (χ4v) is 3.96. The molecule has 0 fully saturated rings. The third-order valence-corrected chi connectivity index (χ3v) is 5.45. The number of rotatable bonds is 6. The van der Waals surface area contributed by atoms with Crippen LogP contribution in [0.4, 0.5) is 0 Å². The van der Waals surface area contributed by atoms with Gasteiger partial charge in [0.1, 0.15) is 5.75 Å². The summed E-state index contributed by atoms with van der Waals surface area (Å²) in [6.07, 6.45) is 5.22. The molecular weight excluding hydrogens is 300 g/mol. The summed E-state index contributed by atoms with van der Waals surface area (Å²) in [6, 6.07) is 3.96. The van der Waals surface area contributed by atoms with Crippen molar-refractivity contribution in [3.63, 3.8) is 0 Å². The Morgan fingerprint density at radius 1 is 1.29 bits per heavy atom. The summed E-state index contributed by atoms with van der Waals surface area (Å²) in [6.45, 7) is 6.73. The van der Waals surface area contributed by atoms with Crippen LogP contribution in [-0.2, 0) is 12.8 Å². The van der Waals surface area contributed by atoms with Crippen molar-refractivity contribution < 1.29 is 9.53 Å². The van der Waals surface area contributed by atoms with Crippen LogP contribution in [0.3, 0.4) is 0 Å². The summed E-state index contributed by atoms with van der Waals surface area (Å²) in [7, 11) is 1.72. The summed E-state index contributed by atoms with van der Waals surface area (Å²) in [5.41, 5.74) is 3.41. The predicted octanol–water partition coefficient (Wildman–Crippen LogP) is 3.52. The number of hydrogen-bond donors (Lipinski definition) is 0. The highest BCUT2D eigenvalue weighted by Gasteiger charge is 2.27. The maximum atomic E-state index is 13.2. The van der Waals surface area contributed by atoms with Crippen LogP contribution >= 0.6 is 0 Å². The Labute approximate surface area is 144 Å². The van der Waals surface area contributed by atoms with Gasteiger partial charge in [0.25, 0.3) is 0 Å². The van der Waals surface area contributed by atoms with E-state index in [1.807, 2.05) is 19.1 Å². The SMILES string of the molecule is CCC(CN1CCN=C1C)C(=O)c1ccc(OC)c2c1CCCC2. The molecule has 0 aromatic heterocycles. The highest BCUT2D eigenvalue weighted by atomic mass is 16.5. The Balaban J connectivity index is 1.86. The Hall–Kier alpha value is -1.84. The quantitative estimate of drug-likeness (QED) is 0.750. The molecule has 1 aliphatic heterocycles. The van der Waals surface area contributed by atoms with Gasteiger partial charge in [0.2, 0.25) is 0 Å². The second kappa shape index (κ2) is 7.37. The molecule has 1 atom stereocenters. The van der Waals surface area contributed by atoms with Crippen molar-refractivity contribution in [1.82, 2.24) is 4.90 Å². The summed E-state index contributed by atoms with van der Waals surface area (Å²) in [5.74, 6) is 2.33. The maximum Gasteiger partial charge on any atom is 0.167 e. The van der Waals surface area contributed by atoms with Gasteiger partial charge in [-0.1, -0.05) is 6.92 Å². The lowest BCUT2D eigenvalue weighted by molar-refractivity contribution is 0.0898. The lowest BCUT2D eigenvalue weighted by atomic mass is 9.83. The zero-order valence-corrected chi connectivity index (χ0v) is 15.1. The zero-order valence-electron chi connectivity index (χ0n) is 15.1. The Morgan fingerprint density at radius 2 is 2.04 bits per heavy atom. The number of hydrogen-bond acceptors (Lipinski definition) is 4. The number of carbonyl (C=O) groups excluding carboxylic acids is 1. The van der Waals surface area contributed by atoms with Crippen molar-refractivity contribution in [3.8, 4) is 5.75 Å². The van der Waals surface area contributed by atoms with E-state index in [-0.39, 0.29) is 11.7 Å². The second-order valence-corrected chi connectivity index (χ2v) is 6.82. The molecular formula is C20H28N2O2. The van der Waals surface area contributed by atoms with E-state index in [1.165, 1.54) is 17.5 Å². The third-order valence-electron chi connectivity index (χ3n) is 5.45. The van der Waals surface area contributed by atoms with E-state index in [1.54, 1.807) is 7.11 Å². The van der Waals surface area contributed by atoms with Gasteiger partial charge in [0.15, 0.2) is 5.78 Å². The van der Waals surface area contributed by atoms with Crippen molar-refractivity contribution in [2.24, 2.45) is 10.9 Å². The molecule has 0 saturated carbocycles. The zero-order chi connectivity index (χ0) is 17.1. The first-order valence-corrected chi connectivity index (χ1v) is 9.14. The molecule has 1 unspecified atom stereocenters. The molecule has 0 spiro atoms. The highest BCUT2D eigenvalue weighted by Crippen LogP contribution is 2.33. The average Bonchev–Trinajstić information content (AvgIpc) is 3.02. The van der Waals surface area contributed by atoms with Crippen LogP contribution in [0, 0.1) is 5.92 Å². The monoisotopic (exact) mass is 328 g/mol.